The van der Waals surface area contributed by atoms with Crippen LogP contribution in [-0.4, -0.2) is 24.4 Å². The number of rotatable bonds is 1. The summed E-state index contributed by atoms with van der Waals surface area (Å²) in [5, 5.41) is 8.35. The van der Waals surface area contributed by atoms with E-state index in [2.05, 4.69) is 15.2 Å². The summed E-state index contributed by atoms with van der Waals surface area (Å²) in [6.45, 7) is 1.91. The fourth-order valence-electron chi connectivity index (χ4n) is 1.86. The van der Waals surface area contributed by atoms with Crippen LogP contribution in [0, 0.1) is 6.92 Å². The molecule has 0 unspecified atom stereocenters. The topological polar surface area (TPSA) is 68.0 Å². The van der Waals surface area contributed by atoms with Crippen LogP contribution in [0.2, 0.25) is 0 Å². The summed E-state index contributed by atoms with van der Waals surface area (Å²) < 4.78 is 3.41. The molecule has 3 aromatic rings. The fourth-order valence-corrected chi connectivity index (χ4v) is 1.86. The van der Waals surface area contributed by atoms with E-state index < -0.39 is 0 Å². The Hall–Kier alpha value is -2.37. The lowest BCUT2D eigenvalue weighted by Crippen LogP contribution is -2.09. The van der Waals surface area contributed by atoms with Gasteiger partial charge in [-0.2, -0.15) is 10.2 Å². The van der Waals surface area contributed by atoms with Crippen molar-refractivity contribution in [1.29, 1.82) is 0 Å². The molecule has 0 bridgehead atoms. The average molecular weight is 229 g/mol. The van der Waals surface area contributed by atoms with Gasteiger partial charge in [0.25, 0.3) is 5.56 Å². The van der Waals surface area contributed by atoms with Gasteiger partial charge in [0.15, 0.2) is 0 Å². The van der Waals surface area contributed by atoms with Crippen LogP contribution in [0.4, 0.5) is 0 Å². The summed E-state index contributed by atoms with van der Waals surface area (Å²) in [5.74, 6) is 0. The van der Waals surface area contributed by atoms with E-state index in [9.17, 15) is 4.79 Å². The summed E-state index contributed by atoms with van der Waals surface area (Å²) in [4.78, 5) is 14.4. The van der Waals surface area contributed by atoms with Crippen LogP contribution >= 0.6 is 0 Å². The highest BCUT2D eigenvalue weighted by molar-refractivity contribution is 5.61. The smallest absolute Gasteiger partial charge is 0.251 e. The third kappa shape index (κ3) is 1.45. The van der Waals surface area contributed by atoms with Crippen molar-refractivity contribution in [2.45, 2.75) is 6.92 Å². The van der Waals surface area contributed by atoms with Gasteiger partial charge in [0.05, 0.1) is 18.1 Å². The molecule has 1 N–H and O–H groups in total. The zero-order chi connectivity index (χ0) is 12.0. The molecule has 6 heteroatoms. The van der Waals surface area contributed by atoms with Crippen molar-refractivity contribution in [2.24, 2.45) is 7.05 Å². The van der Waals surface area contributed by atoms with Crippen molar-refractivity contribution >= 4 is 5.65 Å². The zero-order valence-corrected chi connectivity index (χ0v) is 9.51. The van der Waals surface area contributed by atoms with Crippen molar-refractivity contribution in [2.75, 3.05) is 0 Å². The van der Waals surface area contributed by atoms with Crippen LogP contribution in [0.3, 0.4) is 0 Å². The first-order valence-electron chi connectivity index (χ1n) is 5.22. The van der Waals surface area contributed by atoms with Gasteiger partial charge in [-0.25, -0.2) is 4.52 Å². The maximum atomic E-state index is 11.6. The second-order valence-corrected chi connectivity index (χ2v) is 4.01. The van der Waals surface area contributed by atoms with Crippen LogP contribution in [0.25, 0.3) is 16.9 Å². The summed E-state index contributed by atoms with van der Waals surface area (Å²) in [6.07, 6.45) is 5.29. The molecule has 3 rings (SSSR count). The maximum absolute atomic E-state index is 11.6. The first kappa shape index (κ1) is 9.83. The second-order valence-electron chi connectivity index (χ2n) is 4.01. The summed E-state index contributed by atoms with van der Waals surface area (Å²) in [5.41, 5.74) is 3.13. The van der Waals surface area contributed by atoms with E-state index in [0.717, 1.165) is 22.5 Å². The zero-order valence-electron chi connectivity index (χ0n) is 9.51. The molecule has 0 radical (unpaired) electrons. The molecule has 0 atom stereocenters. The lowest BCUT2D eigenvalue weighted by Gasteiger charge is -2.01. The van der Waals surface area contributed by atoms with Crippen LogP contribution in [0.1, 0.15) is 5.56 Å². The predicted molar refractivity (Wildman–Crippen MR) is 62.8 cm³/mol. The van der Waals surface area contributed by atoms with E-state index in [0.29, 0.717) is 0 Å². The minimum atomic E-state index is -0.139. The van der Waals surface area contributed by atoms with Gasteiger partial charge in [0, 0.05) is 30.4 Å². The molecule has 86 valence electrons. The van der Waals surface area contributed by atoms with E-state index in [1.165, 1.54) is 6.07 Å². The second kappa shape index (κ2) is 3.31. The molecule has 0 saturated carbocycles. The summed E-state index contributed by atoms with van der Waals surface area (Å²) in [6, 6.07) is 1.52. The van der Waals surface area contributed by atoms with Gasteiger partial charge >= 0.3 is 0 Å². The number of hydrogen-bond acceptors (Lipinski definition) is 3. The van der Waals surface area contributed by atoms with Crippen LogP contribution in [-0.2, 0) is 7.05 Å². The van der Waals surface area contributed by atoms with Gasteiger partial charge in [0.2, 0.25) is 0 Å². The number of fused-ring (bicyclic) bond motifs is 1. The Labute approximate surface area is 96.5 Å². The third-order valence-electron chi connectivity index (χ3n) is 2.69. The molecule has 6 nitrogen and oxygen atoms in total. The Morgan fingerprint density at radius 1 is 1.29 bits per heavy atom. The van der Waals surface area contributed by atoms with Crippen molar-refractivity contribution in [3.05, 3.63) is 40.6 Å². The normalized spacial score (nSPS) is 11.2. The number of nitrogens with zero attached hydrogens (tertiary/aromatic N) is 4. The molecule has 0 aliphatic carbocycles. The van der Waals surface area contributed by atoms with Gasteiger partial charge in [0.1, 0.15) is 5.65 Å². The lowest BCUT2D eigenvalue weighted by molar-refractivity contribution is 0.768. The molecule has 3 aromatic heterocycles. The SMILES string of the molecule is Cc1cnn2c(-c3cnn(C)c3)cc(=O)[nH]c12. The number of nitrogens with one attached hydrogen (secondary N) is 1. The third-order valence-corrected chi connectivity index (χ3v) is 2.69. The first-order chi connectivity index (χ1) is 8.15. The molecule has 0 aliphatic rings. The van der Waals surface area contributed by atoms with Gasteiger partial charge < -0.3 is 4.98 Å². The Morgan fingerprint density at radius 3 is 2.82 bits per heavy atom. The first-order valence-corrected chi connectivity index (χ1v) is 5.22. The van der Waals surface area contributed by atoms with E-state index >= 15 is 0 Å². The highest BCUT2D eigenvalue weighted by atomic mass is 16.1. The van der Waals surface area contributed by atoms with Gasteiger partial charge in [-0.1, -0.05) is 0 Å². The summed E-state index contributed by atoms with van der Waals surface area (Å²) >= 11 is 0. The Morgan fingerprint density at radius 2 is 2.12 bits per heavy atom. The predicted octanol–water partition coefficient (Wildman–Crippen LogP) is 0.732. The molecule has 0 fully saturated rings. The van der Waals surface area contributed by atoms with Crippen LogP contribution < -0.4 is 5.56 Å². The molecule has 3 heterocycles. The number of aryl methyl sites for hydroxylation is 2. The van der Waals surface area contributed by atoms with Crippen molar-refractivity contribution in [3.63, 3.8) is 0 Å². The molecule has 0 aliphatic heterocycles. The van der Waals surface area contributed by atoms with E-state index in [1.54, 1.807) is 21.6 Å². The quantitative estimate of drug-likeness (QED) is 0.669. The number of H-pyrrole nitrogens is 1. The molecule has 0 amide bonds. The fraction of sp³-hybridized carbons (Fsp3) is 0.182. The Kier molecular flexibility index (Phi) is 1.91. The van der Waals surface area contributed by atoms with E-state index in [1.807, 2.05) is 20.2 Å². The minimum Gasteiger partial charge on any atom is -0.307 e. The van der Waals surface area contributed by atoms with Crippen LogP contribution in [0.5, 0.6) is 0 Å². The molecule has 0 spiro atoms. The van der Waals surface area contributed by atoms with Gasteiger partial charge in [-0.3, -0.25) is 9.48 Å². The standard InChI is InChI=1S/C11H11N5O/c1-7-4-13-16-9(3-10(17)14-11(7)16)8-5-12-15(2)6-8/h3-6H,1-2H3,(H,14,17). The average Bonchev–Trinajstić information content (AvgIpc) is 2.86. The highest BCUT2D eigenvalue weighted by Crippen LogP contribution is 2.18. The van der Waals surface area contributed by atoms with Crippen molar-refractivity contribution < 1.29 is 0 Å². The van der Waals surface area contributed by atoms with Gasteiger partial charge in [-0.05, 0) is 6.92 Å². The number of aromatic amines is 1. The molecule has 0 aromatic carbocycles. The number of hydrogen-bond donors (Lipinski definition) is 1. The van der Waals surface area contributed by atoms with Crippen molar-refractivity contribution in [3.8, 4) is 11.3 Å². The molecular weight excluding hydrogens is 218 g/mol. The Bertz CT molecular complexity index is 749. The summed E-state index contributed by atoms with van der Waals surface area (Å²) in [7, 11) is 1.84. The molecule has 0 saturated heterocycles. The molecule has 17 heavy (non-hydrogen) atoms. The minimum absolute atomic E-state index is 0.139. The lowest BCUT2D eigenvalue weighted by atomic mass is 10.2. The largest absolute Gasteiger partial charge is 0.307 e. The maximum Gasteiger partial charge on any atom is 0.251 e. The monoisotopic (exact) mass is 229 g/mol. The van der Waals surface area contributed by atoms with Crippen molar-refractivity contribution in [1.82, 2.24) is 24.4 Å². The van der Waals surface area contributed by atoms with Gasteiger partial charge in [-0.15, -0.1) is 0 Å². The number of aromatic nitrogens is 5. The van der Waals surface area contributed by atoms with E-state index in [4.69, 9.17) is 0 Å². The van der Waals surface area contributed by atoms with E-state index in [-0.39, 0.29) is 5.56 Å². The van der Waals surface area contributed by atoms with Crippen LogP contribution in [0.15, 0.2) is 29.5 Å². The molecular formula is C11H11N5O. The highest BCUT2D eigenvalue weighted by Gasteiger charge is 2.09. The Balaban J connectivity index is 2.39.